The van der Waals surface area contributed by atoms with E-state index in [1.807, 2.05) is 25.8 Å². The maximum Gasteiger partial charge on any atom is 0.226 e. The van der Waals surface area contributed by atoms with E-state index in [-0.39, 0.29) is 11.8 Å². The van der Waals surface area contributed by atoms with Crippen molar-refractivity contribution in [2.24, 2.45) is 11.8 Å². The molecule has 0 radical (unpaired) electrons. The molecule has 0 aliphatic carbocycles. The van der Waals surface area contributed by atoms with Gasteiger partial charge in [-0.05, 0) is 26.0 Å². The first-order valence-corrected chi connectivity index (χ1v) is 6.56. The number of amides is 1. The second-order valence-electron chi connectivity index (χ2n) is 4.35. The lowest BCUT2D eigenvalue weighted by Crippen LogP contribution is -2.40. The van der Waals surface area contributed by atoms with Crippen LogP contribution in [0.15, 0.2) is 0 Å². The van der Waals surface area contributed by atoms with Crippen LogP contribution in [0, 0.1) is 11.8 Å². The lowest BCUT2D eigenvalue weighted by molar-refractivity contribution is -0.136. The number of hydrogen-bond donors (Lipinski definition) is 0. The minimum Gasteiger partial charge on any atom is -0.343 e. The molecular formula is C11H23NOS. The number of thioether (sulfide) groups is 1. The van der Waals surface area contributed by atoms with Gasteiger partial charge in [0.15, 0.2) is 0 Å². The SMILES string of the molecule is CSC[C@H](C(=O)N(C)C(C)C)C(C)C. The highest BCUT2D eigenvalue weighted by atomic mass is 32.2. The smallest absolute Gasteiger partial charge is 0.226 e. The minimum absolute atomic E-state index is 0.164. The fourth-order valence-corrected chi connectivity index (χ4v) is 2.13. The highest BCUT2D eigenvalue weighted by Gasteiger charge is 2.25. The molecule has 2 nitrogen and oxygen atoms in total. The quantitative estimate of drug-likeness (QED) is 0.705. The van der Waals surface area contributed by atoms with E-state index < -0.39 is 0 Å². The van der Waals surface area contributed by atoms with Crippen LogP contribution < -0.4 is 0 Å². The lowest BCUT2D eigenvalue weighted by Gasteiger charge is -2.28. The second kappa shape index (κ2) is 6.33. The van der Waals surface area contributed by atoms with Crippen LogP contribution in [0.3, 0.4) is 0 Å². The molecule has 0 aliphatic rings. The average Bonchev–Trinajstić information content (AvgIpc) is 2.11. The van der Waals surface area contributed by atoms with Gasteiger partial charge in [0, 0.05) is 24.8 Å². The fourth-order valence-electron chi connectivity index (χ4n) is 1.24. The molecule has 0 bridgehead atoms. The number of carbonyl (C=O) groups is 1. The van der Waals surface area contributed by atoms with E-state index in [2.05, 4.69) is 20.1 Å². The summed E-state index contributed by atoms with van der Waals surface area (Å²) in [4.78, 5) is 13.9. The van der Waals surface area contributed by atoms with Gasteiger partial charge in [0.2, 0.25) is 5.91 Å². The van der Waals surface area contributed by atoms with Crippen molar-refractivity contribution in [3.63, 3.8) is 0 Å². The normalized spacial score (nSPS) is 13.4. The van der Waals surface area contributed by atoms with Crippen LogP contribution >= 0.6 is 11.8 Å². The molecule has 3 heteroatoms. The highest BCUT2D eigenvalue weighted by molar-refractivity contribution is 7.98. The van der Waals surface area contributed by atoms with Gasteiger partial charge in [0.25, 0.3) is 0 Å². The Labute approximate surface area is 92.4 Å². The summed E-state index contributed by atoms with van der Waals surface area (Å²) >= 11 is 1.75. The summed E-state index contributed by atoms with van der Waals surface area (Å²) in [6.45, 7) is 8.34. The van der Waals surface area contributed by atoms with E-state index in [4.69, 9.17) is 0 Å². The van der Waals surface area contributed by atoms with Gasteiger partial charge < -0.3 is 4.90 Å². The number of rotatable bonds is 5. The Hall–Kier alpha value is -0.180. The lowest BCUT2D eigenvalue weighted by atomic mass is 9.96. The Morgan fingerprint density at radius 1 is 1.29 bits per heavy atom. The zero-order valence-electron chi connectivity index (χ0n) is 10.2. The summed E-state index contributed by atoms with van der Waals surface area (Å²) in [5.41, 5.74) is 0. The Balaban J connectivity index is 4.43. The van der Waals surface area contributed by atoms with Gasteiger partial charge in [-0.25, -0.2) is 0 Å². The van der Waals surface area contributed by atoms with Crippen LogP contribution in [0.25, 0.3) is 0 Å². The standard InChI is InChI=1S/C11H23NOS/c1-8(2)10(7-14-6)11(13)12(5)9(3)4/h8-10H,7H2,1-6H3/t10-/m0/s1. The molecule has 0 saturated carbocycles. The molecule has 0 aromatic carbocycles. The van der Waals surface area contributed by atoms with Crippen molar-refractivity contribution in [3.8, 4) is 0 Å². The van der Waals surface area contributed by atoms with Crippen molar-refractivity contribution in [1.82, 2.24) is 4.90 Å². The molecule has 0 fully saturated rings. The van der Waals surface area contributed by atoms with Crippen LogP contribution in [0.1, 0.15) is 27.7 Å². The van der Waals surface area contributed by atoms with Crippen LogP contribution in [-0.4, -0.2) is 35.9 Å². The summed E-state index contributed by atoms with van der Waals surface area (Å²) < 4.78 is 0. The van der Waals surface area contributed by atoms with E-state index in [0.717, 1.165) is 5.75 Å². The molecule has 0 N–H and O–H groups in total. The van der Waals surface area contributed by atoms with E-state index in [0.29, 0.717) is 12.0 Å². The molecule has 14 heavy (non-hydrogen) atoms. The maximum atomic E-state index is 12.0. The van der Waals surface area contributed by atoms with E-state index >= 15 is 0 Å². The molecule has 0 unspecified atom stereocenters. The molecule has 1 amide bonds. The number of hydrogen-bond acceptors (Lipinski definition) is 2. The van der Waals surface area contributed by atoms with E-state index in [1.54, 1.807) is 11.8 Å². The first kappa shape index (κ1) is 13.8. The predicted molar refractivity (Wildman–Crippen MR) is 64.6 cm³/mol. The zero-order chi connectivity index (χ0) is 11.3. The summed E-state index contributed by atoms with van der Waals surface area (Å²) in [5.74, 6) is 1.80. The van der Waals surface area contributed by atoms with Gasteiger partial charge in [-0.2, -0.15) is 11.8 Å². The van der Waals surface area contributed by atoms with Crippen LogP contribution in [0.2, 0.25) is 0 Å². The molecule has 0 aromatic rings. The average molecular weight is 217 g/mol. The Morgan fingerprint density at radius 2 is 1.79 bits per heavy atom. The van der Waals surface area contributed by atoms with Gasteiger partial charge in [0.1, 0.15) is 0 Å². The number of carbonyl (C=O) groups excluding carboxylic acids is 1. The van der Waals surface area contributed by atoms with Gasteiger partial charge in [-0.15, -0.1) is 0 Å². The topological polar surface area (TPSA) is 20.3 Å². The van der Waals surface area contributed by atoms with Crippen molar-refractivity contribution in [3.05, 3.63) is 0 Å². The molecule has 0 aliphatic heterocycles. The van der Waals surface area contributed by atoms with Gasteiger partial charge in [0.05, 0.1) is 0 Å². The Kier molecular flexibility index (Phi) is 6.25. The summed E-state index contributed by atoms with van der Waals surface area (Å²) in [7, 11) is 1.89. The van der Waals surface area contributed by atoms with Crippen molar-refractivity contribution >= 4 is 17.7 Å². The first-order valence-electron chi connectivity index (χ1n) is 5.17. The third kappa shape index (κ3) is 3.91. The molecule has 0 spiro atoms. The van der Waals surface area contributed by atoms with Crippen LogP contribution in [0.4, 0.5) is 0 Å². The third-order valence-corrected chi connectivity index (χ3v) is 3.28. The third-order valence-electron chi connectivity index (χ3n) is 2.59. The zero-order valence-corrected chi connectivity index (χ0v) is 11.0. The van der Waals surface area contributed by atoms with Crippen molar-refractivity contribution in [2.75, 3.05) is 19.1 Å². The largest absolute Gasteiger partial charge is 0.343 e. The molecule has 0 saturated heterocycles. The predicted octanol–water partition coefficient (Wildman–Crippen LogP) is 2.49. The molecular weight excluding hydrogens is 194 g/mol. The van der Waals surface area contributed by atoms with Crippen molar-refractivity contribution in [2.45, 2.75) is 33.7 Å². The fraction of sp³-hybridized carbons (Fsp3) is 0.909. The van der Waals surface area contributed by atoms with E-state index in [1.165, 1.54) is 0 Å². The highest BCUT2D eigenvalue weighted by Crippen LogP contribution is 2.18. The monoisotopic (exact) mass is 217 g/mol. The summed E-state index contributed by atoms with van der Waals surface area (Å²) in [6.07, 6.45) is 2.05. The first-order chi connectivity index (χ1) is 6.41. The molecule has 84 valence electrons. The van der Waals surface area contributed by atoms with Crippen LogP contribution in [0.5, 0.6) is 0 Å². The summed E-state index contributed by atoms with van der Waals surface area (Å²) in [5, 5.41) is 0. The maximum absolute atomic E-state index is 12.0. The van der Waals surface area contributed by atoms with Gasteiger partial charge >= 0.3 is 0 Å². The molecule has 0 rings (SSSR count). The Morgan fingerprint density at radius 3 is 2.07 bits per heavy atom. The van der Waals surface area contributed by atoms with Gasteiger partial charge in [-0.1, -0.05) is 13.8 Å². The van der Waals surface area contributed by atoms with Crippen molar-refractivity contribution < 1.29 is 4.79 Å². The Bertz CT molecular complexity index is 180. The number of nitrogens with zero attached hydrogens (tertiary/aromatic N) is 1. The van der Waals surface area contributed by atoms with Crippen molar-refractivity contribution in [1.29, 1.82) is 0 Å². The second-order valence-corrected chi connectivity index (χ2v) is 5.26. The van der Waals surface area contributed by atoms with Gasteiger partial charge in [-0.3, -0.25) is 4.79 Å². The van der Waals surface area contributed by atoms with E-state index in [9.17, 15) is 4.79 Å². The molecule has 1 atom stereocenters. The van der Waals surface area contributed by atoms with Crippen LogP contribution in [-0.2, 0) is 4.79 Å². The molecule has 0 aromatic heterocycles. The molecule has 0 heterocycles. The summed E-state index contributed by atoms with van der Waals surface area (Å²) in [6, 6.07) is 0.297. The minimum atomic E-state index is 0.164.